The summed E-state index contributed by atoms with van der Waals surface area (Å²) in [4.78, 5) is 17.3. The Hall–Kier alpha value is -1.39. The monoisotopic (exact) mass is 317 g/mol. The van der Waals surface area contributed by atoms with Crippen LogP contribution in [0.15, 0.2) is 18.2 Å². The van der Waals surface area contributed by atoms with E-state index in [4.69, 9.17) is 0 Å². The van der Waals surface area contributed by atoms with Crippen LogP contribution in [-0.2, 0) is 0 Å². The Morgan fingerprint density at radius 3 is 2.39 bits per heavy atom. The fraction of sp³-hybridized carbons (Fsp3) is 0.632. The zero-order valence-corrected chi connectivity index (χ0v) is 15.1. The molecule has 1 fully saturated rings. The van der Waals surface area contributed by atoms with Gasteiger partial charge in [0.1, 0.15) is 0 Å². The van der Waals surface area contributed by atoms with Crippen LogP contribution in [0.2, 0.25) is 0 Å². The van der Waals surface area contributed by atoms with Crippen molar-refractivity contribution in [3.05, 3.63) is 34.9 Å². The smallest absolute Gasteiger partial charge is 0.251 e. The molecule has 1 atom stereocenters. The number of hydrogen-bond acceptors (Lipinski definition) is 3. The Labute approximate surface area is 140 Å². The topological polar surface area (TPSA) is 35.6 Å². The summed E-state index contributed by atoms with van der Waals surface area (Å²) in [7, 11) is 0. The molecule has 0 unspecified atom stereocenters. The van der Waals surface area contributed by atoms with Gasteiger partial charge in [-0.25, -0.2) is 0 Å². The molecule has 2 rings (SSSR count). The number of rotatable bonds is 6. The molecule has 1 aromatic rings. The van der Waals surface area contributed by atoms with Crippen molar-refractivity contribution >= 4 is 5.91 Å². The SMILES string of the molecule is CCN1CCN(C[C@H](C)CNC(=O)c2ccc(C)c(C)c2)CC1. The summed E-state index contributed by atoms with van der Waals surface area (Å²) in [5, 5.41) is 3.08. The van der Waals surface area contributed by atoms with Gasteiger partial charge in [0.15, 0.2) is 0 Å². The lowest BCUT2D eigenvalue weighted by Crippen LogP contribution is -2.48. The van der Waals surface area contributed by atoms with Crippen LogP contribution in [0, 0.1) is 19.8 Å². The van der Waals surface area contributed by atoms with Crippen molar-refractivity contribution in [2.75, 3.05) is 45.8 Å². The van der Waals surface area contributed by atoms with Gasteiger partial charge in [-0.05, 0) is 49.6 Å². The van der Waals surface area contributed by atoms with Crippen molar-refractivity contribution in [1.82, 2.24) is 15.1 Å². The number of benzene rings is 1. The highest BCUT2D eigenvalue weighted by atomic mass is 16.1. The minimum Gasteiger partial charge on any atom is -0.352 e. The molecule has 0 bridgehead atoms. The molecule has 23 heavy (non-hydrogen) atoms. The Kier molecular flexibility index (Phi) is 6.60. The summed E-state index contributed by atoms with van der Waals surface area (Å²) in [6.45, 7) is 16.1. The molecule has 128 valence electrons. The van der Waals surface area contributed by atoms with Gasteiger partial charge in [0, 0.05) is 44.8 Å². The van der Waals surface area contributed by atoms with E-state index in [1.54, 1.807) is 0 Å². The predicted molar refractivity (Wildman–Crippen MR) is 96.0 cm³/mol. The Balaban J connectivity index is 1.74. The third kappa shape index (κ3) is 5.33. The van der Waals surface area contributed by atoms with E-state index in [0.717, 1.165) is 51.4 Å². The van der Waals surface area contributed by atoms with Gasteiger partial charge >= 0.3 is 0 Å². The normalized spacial score (nSPS) is 17.9. The largest absolute Gasteiger partial charge is 0.352 e. The Morgan fingerprint density at radius 1 is 1.13 bits per heavy atom. The molecule has 4 nitrogen and oxygen atoms in total. The molecule has 1 aliphatic heterocycles. The number of piperazine rings is 1. The lowest BCUT2D eigenvalue weighted by Gasteiger charge is -2.35. The summed E-state index contributed by atoms with van der Waals surface area (Å²) in [5.41, 5.74) is 3.15. The second-order valence-corrected chi connectivity index (χ2v) is 6.85. The highest BCUT2D eigenvalue weighted by molar-refractivity contribution is 5.94. The van der Waals surface area contributed by atoms with Crippen molar-refractivity contribution in [3.63, 3.8) is 0 Å². The van der Waals surface area contributed by atoms with Crippen LogP contribution in [0.4, 0.5) is 0 Å². The lowest BCUT2D eigenvalue weighted by atomic mass is 10.1. The summed E-state index contributed by atoms with van der Waals surface area (Å²) in [5.74, 6) is 0.509. The van der Waals surface area contributed by atoms with Crippen LogP contribution >= 0.6 is 0 Å². The number of nitrogens with zero attached hydrogens (tertiary/aromatic N) is 2. The maximum absolute atomic E-state index is 12.3. The van der Waals surface area contributed by atoms with E-state index >= 15 is 0 Å². The summed E-state index contributed by atoms with van der Waals surface area (Å²) < 4.78 is 0. The first-order valence-corrected chi connectivity index (χ1v) is 8.79. The minimum absolute atomic E-state index is 0.0377. The number of nitrogens with one attached hydrogen (secondary N) is 1. The molecule has 0 saturated carbocycles. The van der Waals surface area contributed by atoms with Crippen LogP contribution in [0.1, 0.15) is 35.3 Å². The molecule has 1 amide bonds. The van der Waals surface area contributed by atoms with Crippen LogP contribution in [0.25, 0.3) is 0 Å². The third-order valence-electron chi connectivity index (χ3n) is 4.86. The quantitative estimate of drug-likeness (QED) is 0.874. The molecule has 1 N–H and O–H groups in total. The summed E-state index contributed by atoms with van der Waals surface area (Å²) in [6.07, 6.45) is 0. The zero-order valence-electron chi connectivity index (χ0n) is 15.1. The number of aryl methyl sites for hydroxylation is 2. The summed E-state index contributed by atoms with van der Waals surface area (Å²) >= 11 is 0. The maximum atomic E-state index is 12.3. The van der Waals surface area contributed by atoms with Gasteiger partial charge in [-0.15, -0.1) is 0 Å². The highest BCUT2D eigenvalue weighted by Crippen LogP contribution is 2.10. The highest BCUT2D eigenvalue weighted by Gasteiger charge is 2.17. The van der Waals surface area contributed by atoms with E-state index in [1.807, 2.05) is 25.1 Å². The van der Waals surface area contributed by atoms with Crippen molar-refractivity contribution in [3.8, 4) is 0 Å². The first-order valence-electron chi connectivity index (χ1n) is 8.79. The van der Waals surface area contributed by atoms with Crippen LogP contribution < -0.4 is 5.32 Å². The van der Waals surface area contributed by atoms with Gasteiger partial charge in [-0.3, -0.25) is 4.79 Å². The maximum Gasteiger partial charge on any atom is 0.251 e. The number of carbonyl (C=O) groups excluding carboxylic acids is 1. The van der Waals surface area contributed by atoms with E-state index in [2.05, 4.69) is 35.9 Å². The molecule has 0 aliphatic carbocycles. The summed E-state index contributed by atoms with van der Waals surface area (Å²) in [6, 6.07) is 5.90. The molecule has 1 heterocycles. The van der Waals surface area contributed by atoms with Gasteiger partial charge in [-0.1, -0.05) is 19.9 Å². The van der Waals surface area contributed by atoms with E-state index in [0.29, 0.717) is 5.92 Å². The molecular weight excluding hydrogens is 286 g/mol. The number of amides is 1. The average Bonchev–Trinajstić information content (AvgIpc) is 2.56. The molecule has 0 aromatic heterocycles. The van der Waals surface area contributed by atoms with Crippen molar-refractivity contribution < 1.29 is 4.79 Å². The zero-order chi connectivity index (χ0) is 16.8. The van der Waals surface area contributed by atoms with Gasteiger partial charge < -0.3 is 15.1 Å². The van der Waals surface area contributed by atoms with Crippen LogP contribution in [0.5, 0.6) is 0 Å². The fourth-order valence-corrected chi connectivity index (χ4v) is 3.05. The van der Waals surface area contributed by atoms with Crippen molar-refractivity contribution in [2.45, 2.75) is 27.7 Å². The first kappa shape index (κ1) is 18.0. The molecular formula is C19H31N3O. The van der Waals surface area contributed by atoms with Gasteiger partial charge in [0.2, 0.25) is 0 Å². The number of likely N-dealkylation sites (N-methyl/N-ethyl adjacent to an activating group) is 1. The van der Waals surface area contributed by atoms with Gasteiger partial charge in [-0.2, -0.15) is 0 Å². The van der Waals surface area contributed by atoms with Gasteiger partial charge in [0.05, 0.1) is 0 Å². The minimum atomic E-state index is 0.0377. The fourth-order valence-electron chi connectivity index (χ4n) is 3.05. The van der Waals surface area contributed by atoms with E-state index in [9.17, 15) is 4.79 Å². The van der Waals surface area contributed by atoms with E-state index < -0.39 is 0 Å². The number of hydrogen-bond donors (Lipinski definition) is 1. The van der Waals surface area contributed by atoms with Crippen LogP contribution in [0.3, 0.4) is 0 Å². The Morgan fingerprint density at radius 2 is 1.78 bits per heavy atom. The molecule has 1 aromatic carbocycles. The lowest BCUT2D eigenvalue weighted by molar-refractivity contribution is 0.0933. The average molecular weight is 317 g/mol. The van der Waals surface area contributed by atoms with Crippen molar-refractivity contribution in [1.29, 1.82) is 0 Å². The first-order chi connectivity index (χ1) is 11.0. The molecule has 0 radical (unpaired) electrons. The second kappa shape index (κ2) is 8.46. The predicted octanol–water partition coefficient (Wildman–Crippen LogP) is 2.31. The second-order valence-electron chi connectivity index (χ2n) is 6.85. The Bertz CT molecular complexity index is 521. The molecule has 1 saturated heterocycles. The van der Waals surface area contributed by atoms with E-state index in [1.165, 1.54) is 11.1 Å². The number of carbonyl (C=O) groups is 1. The van der Waals surface area contributed by atoms with Crippen molar-refractivity contribution in [2.24, 2.45) is 5.92 Å². The molecule has 0 spiro atoms. The standard InChI is InChI=1S/C19H31N3O/c1-5-21-8-10-22(11-9-21)14-15(2)13-20-19(23)18-7-6-16(3)17(4)12-18/h6-7,12,15H,5,8-11,13-14H2,1-4H3,(H,20,23)/t15-/m1/s1. The van der Waals surface area contributed by atoms with Crippen LogP contribution in [-0.4, -0.2) is 61.5 Å². The van der Waals surface area contributed by atoms with Gasteiger partial charge in [0.25, 0.3) is 5.91 Å². The van der Waals surface area contributed by atoms with E-state index in [-0.39, 0.29) is 5.91 Å². The molecule has 4 heteroatoms. The third-order valence-corrected chi connectivity index (χ3v) is 4.86. The molecule has 1 aliphatic rings.